The summed E-state index contributed by atoms with van der Waals surface area (Å²) in [4.78, 5) is 44.1. The quantitative estimate of drug-likeness (QED) is 0.826. The predicted molar refractivity (Wildman–Crippen MR) is 105 cm³/mol. The molecule has 1 saturated heterocycles. The van der Waals surface area contributed by atoms with E-state index in [0.29, 0.717) is 25.4 Å². The Morgan fingerprint density at radius 1 is 1.29 bits per heavy atom. The highest BCUT2D eigenvalue weighted by Crippen LogP contribution is 2.28. The Kier molecular flexibility index (Phi) is 5.92. The van der Waals surface area contributed by atoms with Crippen LogP contribution < -0.4 is 5.69 Å². The predicted octanol–water partition coefficient (Wildman–Crippen LogP) is 2.69. The van der Waals surface area contributed by atoms with Gasteiger partial charge in [-0.25, -0.2) is 9.59 Å². The number of carboxylic acid groups (broad SMARTS) is 1. The van der Waals surface area contributed by atoms with Gasteiger partial charge in [-0.3, -0.25) is 4.79 Å². The average Bonchev–Trinajstić information content (AvgIpc) is 2.66. The number of carbonyl (C=O) groups excluding carboxylic acids is 1. The van der Waals surface area contributed by atoms with E-state index in [4.69, 9.17) is 5.11 Å². The molecule has 1 aromatic heterocycles. The molecular weight excluding hydrogens is 358 g/mol. The van der Waals surface area contributed by atoms with Gasteiger partial charge in [0.25, 0.3) is 5.91 Å². The number of carboxylic acids is 1. The lowest BCUT2D eigenvalue weighted by Crippen LogP contribution is -2.40. The van der Waals surface area contributed by atoms with Crippen molar-refractivity contribution in [2.45, 2.75) is 39.0 Å². The number of benzene rings is 1. The van der Waals surface area contributed by atoms with Gasteiger partial charge in [0.15, 0.2) is 0 Å². The molecular formula is C21H25N3O4. The van der Waals surface area contributed by atoms with E-state index in [1.165, 1.54) is 0 Å². The van der Waals surface area contributed by atoms with Gasteiger partial charge in [0.1, 0.15) is 5.69 Å². The molecule has 0 bridgehead atoms. The van der Waals surface area contributed by atoms with Crippen LogP contribution in [0.4, 0.5) is 0 Å². The largest absolute Gasteiger partial charge is 0.478 e. The summed E-state index contributed by atoms with van der Waals surface area (Å²) in [5.41, 5.74) is 1.66. The van der Waals surface area contributed by atoms with Crippen LogP contribution in [-0.4, -0.2) is 44.9 Å². The third-order valence-electron chi connectivity index (χ3n) is 4.99. The lowest BCUT2D eigenvalue weighted by Gasteiger charge is -2.33. The SMILES string of the molecule is CC(C)Cc1cc(C(=O)N2CCCC(c3ccc(C(=O)O)cc3)C2)nc(=O)[nH]1. The van der Waals surface area contributed by atoms with E-state index in [-0.39, 0.29) is 23.1 Å². The van der Waals surface area contributed by atoms with Crippen molar-refractivity contribution in [2.24, 2.45) is 5.92 Å². The van der Waals surface area contributed by atoms with Gasteiger partial charge in [0.2, 0.25) is 0 Å². The molecule has 1 aliphatic rings. The number of amides is 1. The minimum atomic E-state index is -0.954. The number of likely N-dealkylation sites (tertiary alicyclic amines) is 1. The van der Waals surface area contributed by atoms with Crippen LogP contribution in [0.15, 0.2) is 35.1 Å². The minimum absolute atomic E-state index is 0.137. The Balaban J connectivity index is 1.76. The Morgan fingerprint density at radius 2 is 2.00 bits per heavy atom. The van der Waals surface area contributed by atoms with Crippen LogP contribution >= 0.6 is 0 Å². The second-order valence-corrected chi connectivity index (χ2v) is 7.71. The van der Waals surface area contributed by atoms with E-state index in [2.05, 4.69) is 9.97 Å². The van der Waals surface area contributed by atoms with Crippen molar-refractivity contribution in [1.29, 1.82) is 0 Å². The van der Waals surface area contributed by atoms with Crippen LogP contribution in [0.2, 0.25) is 0 Å². The molecule has 1 fully saturated rings. The van der Waals surface area contributed by atoms with E-state index in [0.717, 1.165) is 24.1 Å². The molecule has 0 aliphatic carbocycles. The molecule has 1 aliphatic heterocycles. The van der Waals surface area contributed by atoms with Crippen LogP contribution in [0.5, 0.6) is 0 Å². The Labute approximate surface area is 163 Å². The Morgan fingerprint density at radius 3 is 2.64 bits per heavy atom. The summed E-state index contributed by atoms with van der Waals surface area (Å²) in [6.45, 7) is 5.24. The lowest BCUT2D eigenvalue weighted by molar-refractivity contribution is 0.0692. The maximum atomic E-state index is 12.9. The molecule has 1 atom stereocenters. The van der Waals surface area contributed by atoms with Gasteiger partial charge in [-0.05, 0) is 48.9 Å². The van der Waals surface area contributed by atoms with Gasteiger partial charge in [0.05, 0.1) is 5.56 Å². The molecule has 2 N–H and O–H groups in total. The third-order valence-corrected chi connectivity index (χ3v) is 4.99. The van der Waals surface area contributed by atoms with E-state index in [9.17, 15) is 14.4 Å². The van der Waals surface area contributed by atoms with Crippen LogP contribution in [-0.2, 0) is 6.42 Å². The first-order valence-electron chi connectivity index (χ1n) is 9.56. The van der Waals surface area contributed by atoms with Gasteiger partial charge in [-0.15, -0.1) is 0 Å². The van der Waals surface area contributed by atoms with Crippen molar-refractivity contribution in [3.63, 3.8) is 0 Å². The van der Waals surface area contributed by atoms with E-state index >= 15 is 0 Å². The van der Waals surface area contributed by atoms with Gasteiger partial charge >= 0.3 is 11.7 Å². The highest BCUT2D eigenvalue weighted by Gasteiger charge is 2.27. The third kappa shape index (κ3) is 4.65. The van der Waals surface area contributed by atoms with E-state index in [1.807, 2.05) is 26.0 Å². The number of hydrogen-bond donors (Lipinski definition) is 2. The van der Waals surface area contributed by atoms with Gasteiger partial charge in [0, 0.05) is 24.7 Å². The molecule has 28 heavy (non-hydrogen) atoms. The van der Waals surface area contributed by atoms with Gasteiger partial charge in [-0.1, -0.05) is 26.0 Å². The van der Waals surface area contributed by atoms with Crippen molar-refractivity contribution in [1.82, 2.24) is 14.9 Å². The van der Waals surface area contributed by atoms with Crippen LogP contribution in [0.25, 0.3) is 0 Å². The van der Waals surface area contributed by atoms with Crippen LogP contribution in [0, 0.1) is 5.92 Å². The highest BCUT2D eigenvalue weighted by atomic mass is 16.4. The number of hydrogen-bond acceptors (Lipinski definition) is 4. The molecule has 1 aromatic carbocycles. The first-order chi connectivity index (χ1) is 13.3. The zero-order chi connectivity index (χ0) is 20.3. The molecule has 3 rings (SSSR count). The highest BCUT2D eigenvalue weighted by molar-refractivity contribution is 5.92. The summed E-state index contributed by atoms with van der Waals surface area (Å²) in [5.74, 6) is -0.695. The molecule has 0 radical (unpaired) electrons. The topological polar surface area (TPSA) is 103 Å². The smallest absolute Gasteiger partial charge is 0.345 e. The molecule has 2 aromatic rings. The minimum Gasteiger partial charge on any atom is -0.478 e. The van der Waals surface area contributed by atoms with Gasteiger partial charge in [-0.2, -0.15) is 4.98 Å². The fourth-order valence-electron chi connectivity index (χ4n) is 3.66. The number of aromatic carboxylic acids is 1. The fourth-order valence-corrected chi connectivity index (χ4v) is 3.66. The molecule has 2 heterocycles. The van der Waals surface area contributed by atoms with Crippen molar-refractivity contribution >= 4 is 11.9 Å². The van der Waals surface area contributed by atoms with Crippen LogP contribution in [0.3, 0.4) is 0 Å². The second kappa shape index (κ2) is 8.37. The number of piperidine rings is 1. The Bertz CT molecular complexity index is 918. The number of nitrogens with one attached hydrogen (secondary N) is 1. The second-order valence-electron chi connectivity index (χ2n) is 7.71. The lowest BCUT2D eigenvalue weighted by atomic mass is 9.90. The van der Waals surface area contributed by atoms with Gasteiger partial charge < -0.3 is 15.0 Å². The number of aromatic amines is 1. The monoisotopic (exact) mass is 383 g/mol. The van der Waals surface area contributed by atoms with E-state index < -0.39 is 11.7 Å². The fraction of sp³-hybridized carbons (Fsp3) is 0.429. The summed E-state index contributed by atoms with van der Waals surface area (Å²) >= 11 is 0. The number of carbonyl (C=O) groups is 2. The van der Waals surface area contributed by atoms with E-state index in [1.54, 1.807) is 23.1 Å². The summed E-state index contributed by atoms with van der Waals surface area (Å²) in [7, 11) is 0. The van der Waals surface area contributed by atoms with Crippen molar-refractivity contribution in [2.75, 3.05) is 13.1 Å². The standard InChI is InChI=1S/C21H25N3O4/c1-13(2)10-17-11-18(23-21(28)22-17)19(25)24-9-3-4-16(12-24)14-5-7-15(8-6-14)20(26)27/h5-8,11,13,16H,3-4,9-10,12H2,1-2H3,(H,26,27)(H,22,23,28). The first-order valence-corrected chi connectivity index (χ1v) is 9.56. The summed E-state index contributed by atoms with van der Waals surface area (Å²) in [6, 6.07) is 8.49. The molecule has 0 spiro atoms. The summed E-state index contributed by atoms with van der Waals surface area (Å²) < 4.78 is 0. The zero-order valence-corrected chi connectivity index (χ0v) is 16.1. The molecule has 148 valence electrons. The number of rotatable bonds is 5. The van der Waals surface area contributed by atoms with Crippen molar-refractivity contribution < 1.29 is 14.7 Å². The first kappa shape index (κ1) is 19.8. The normalized spacial score (nSPS) is 17.0. The maximum absolute atomic E-state index is 12.9. The molecule has 7 nitrogen and oxygen atoms in total. The van der Waals surface area contributed by atoms with Crippen molar-refractivity contribution in [3.8, 4) is 0 Å². The van der Waals surface area contributed by atoms with Crippen LogP contribution in [0.1, 0.15) is 64.7 Å². The molecule has 0 saturated carbocycles. The zero-order valence-electron chi connectivity index (χ0n) is 16.1. The number of nitrogens with zero attached hydrogens (tertiary/aromatic N) is 2. The molecule has 7 heteroatoms. The molecule has 1 amide bonds. The average molecular weight is 383 g/mol. The summed E-state index contributed by atoms with van der Waals surface area (Å²) in [5, 5.41) is 9.04. The Hall–Kier alpha value is -2.96. The summed E-state index contributed by atoms with van der Waals surface area (Å²) in [6.07, 6.45) is 2.45. The number of aromatic nitrogens is 2. The maximum Gasteiger partial charge on any atom is 0.345 e. The number of H-pyrrole nitrogens is 1. The molecule has 1 unspecified atom stereocenters. The van der Waals surface area contributed by atoms with Crippen molar-refractivity contribution in [3.05, 3.63) is 63.3 Å².